The molecule has 1 aliphatic rings. The number of hydrogen-bond donors (Lipinski definition) is 2. The number of carbonyl (C=O) groups is 2. The number of aryl methyl sites for hydroxylation is 1. The van der Waals surface area contributed by atoms with E-state index < -0.39 is 0 Å². The third-order valence-electron chi connectivity index (χ3n) is 7.07. The van der Waals surface area contributed by atoms with Crippen molar-refractivity contribution in [2.75, 3.05) is 37.0 Å². The molecule has 0 aliphatic carbocycles. The van der Waals surface area contributed by atoms with E-state index in [9.17, 15) is 9.59 Å². The summed E-state index contributed by atoms with van der Waals surface area (Å²) >= 11 is 0. The fraction of sp³-hybridized carbons (Fsp3) is 0.375. The van der Waals surface area contributed by atoms with E-state index in [1.165, 1.54) is 29.5 Å². The van der Waals surface area contributed by atoms with E-state index in [0.717, 1.165) is 44.5 Å². The van der Waals surface area contributed by atoms with Gasteiger partial charge in [0.1, 0.15) is 0 Å². The predicted molar refractivity (Wildman–Crippen MR) is 154 cm³/mol. The molecule has 6 nitrogen and oxygen atoms in total. The first-order valence-corrected chi connectivity index (χ1v) is 13.7. The molecule has 2 amide bonds. The maximum atomic E-state index is 13.3. The highest BCUT2D eigenvalue weighted by molar-refractivity contribution is 6.06. The first-order chi connectivity index (χ1) is 18.6. The summed E-state index contributed by atoms with van der Waals surface area (Å²) in [6, 6.07) is 21.9. The maximum Gasteiger partial charge on any atom is 0.255 e. The van der Waals surface area contributed by atoms with Crippen LogP contribution in [0.25, 0.3) is 0 Å². The molecule has 0 saturated heterocycles. The third-order valence-corrected chi connectivity index (χ3v) is 7.07. The van der Waals surface area contributed by atoms with Crippen molar-refractivity contribution in [3.05, 3.63) is 94.5 Å². The highest BCUT2D eigenvalue weighted by Gasteiger charge is 2.22. The Morgan fingerprint density at radius 3 is 2.47 bits per heavy atom. The molecule has 200 valence electrons. The molecule has 0 bridgehead atoms. The van der Waals surface area contributed by atoms with Crippen LogP contribution in [-0.4, -0.2) is 38.6 Å². The predicted octanol–water partition coefficient (Wildman–Crippen LogP) is 6.00. The zero-order valence-corrected chi connectivity index (χ0v) is 22.6. The Balaban J connectivity index is 1.51. The average Bonchev–Trinajstić information content (AvgIpc) is 2.95. The lowest BCUT2D eigenvalue weighted by atomic mass is 9.98. The minimum atomic E-state index is -0.184. The monoisotopic (exact) mass is 513 g/mol. The Hall–Kier alpha value is -3.64. The van der Waals surface area contributed by atoms with E-state index in [1.54, 1.807) is 13.2 Å². The molecule has 0 spiro atoms. The average molecular weight is 514 g/mol. The zero-order valence-electron chi connectivity index (χ0n) is 22.6. The van der Waals surface area contributed by atoms with Gasteiger partial charge in [0, 0.05) is 50.3 Å². The molecule has 6 heteroatoms. The molecule has 0 saturated carbocycles. The fourth-order valence-corrected chi connectivity index (χ4v) is 4.89. The fourth-order valence-electron chi connectivity index (χ4n) is 4.89. The van der Waals surface area contributed by atoms with Crippen molar-refractivity contribution in [2.45, 2.75) is 52.0 Å². The number of benzene rings is 3. The van der Waals surface area contributed by atoms with Crippen LogP contribution >= 0.6 is 0 Å². The van der Waals surface area contributed by atoms with E-state index in [2.05, 4.69) is 46.7 Å². The highest BCUT2D eigenvalue weighted by Crippen LogP contribution is 2.30. The molecule has 0 unspecified atom stereocenters. The van der Waals surface area contributed by atoms with E-state index in [4.69, 9.17) is 4.74 Å². The highest BCUT2D eigenvalue weighted by atomic mass is 16.5. The largest absolute Gasteiger partial charge is 0.385 e. The van der Waals surface area contributed by atoms with Crippen molar-refractivity contribution in [2.24, 2.45) is 0 Å². The van der Waals surface area contributed by atoms with Crippen LogP contribution in [0.3, 0.4) is 0 Å². The molecule has 1 heterocycles. The molecule has 3 aromatic rings. The smallest absolute Gasteiger partial charge is 0.255 e. The van der Waals surface area contributed by atoms with Gasteiger partial charge in [-0.2, -0.15) is 0 Å². The summed E-state index contributed by atoms with van der Waals surface area (Å²) in [6.45, 7) is 4.88. The molecule has 0 fully saturated rings. The van der Waals surface area contributed by atoms with Crippen LogP contribution in [0.2, 0.25) is 0 Å². The lowest BCUT2D eigenvalue weighted by Crippen LogP contribution is -2.33. The third kappa shape index (κ3) is 7.23. The summed E-state index contributed by atoms with van der Waals surface area (Å²) in [6.07, 6.45) is 6.26. The minimum Gasteiger partial charge on any atom is -0.385 e. The SMILES string of the molecule is CCCCCc1ccc(C(=O)Nc2ccc(N3CCc4ccccc4C3)c(C(=O)NCCCOC)c2)cc1. The van der Waals surface area contributed by atoms with Gasteiger partial charge < -0.3 is 20.3 Å². The first-order valence-electron chi connectivity index (χ1n) is 13.7. The van der Waals surface area contributed by atoms with Gasteiger partial charge in [-0.05, 0) is 72.7 Å². The maximum absolute atomic E-state index is 13.3. The number of nitrogens with one attached hydrogen (secondary N) is 2. The van der Waals surface area contributed by atoms with Gasteiger partial charge in [0.25, 0.3) is 11.8 Å². The molecular formula is C32H39N3O3. The first kappa shape index (κ1) is 27.4. The van der Waals surface area contributed by atoms with Crippen LogP contribution in [0.4, 0.5) is 11.4 Å². The van der Waals surface area contributed by atoms with Gasteiger partial charge in [-0.25, -0.2) is 0 Å². The quantitative estimate of drug-likeness (QED) is 0.292. The van der Waals surface area contributed by atoms with Crippen molar-refractivity contribution in [3.8, 4) is 0 Å². The molecule has 0 aromatic heterocycles. The van der Waals surface area contributed by atoms with E-state index in [1.807, 2.05) is 36.4 Å². The van der Waals surface area contributed by atoms with Crippen LogP contribution in [-0.2, 0) is 24.1 Å². The van der Waals surface area contributed by atoms with E-state index in [-0.39, 0.29) is 11.8 Å². The van der Waals surface area contributed by atoms with Crippen molar-refractivity contribution in [1.82, 2.24) is 5.32 Å². The van der Waals surface area contributed by atoms with Gasteiger partial charge in [-0.1, -0.05) is 56.2 Å². The minimum absolute atomic E-state index is 0.150. The number of carbonyl (C=O) groups excluding carboxylic acids is 2. The number of nitrogens with zero attached hydrogens (tertiary/aromatic N) is 1. The molecule has 0 radical (unpaired) electrons. The van der Waals surface area contributed by atoms with E-state index >= 15 is 0 Å². The molecule has 38 heavy (non-hydrogen) atoms. The standard InChI is InChI=1S/C32H39N3O3/c1-3-4-5-9-24-12-14-26(15-13-24)31(36)34-28-16-17-30(29(22-28)32(37)33-19-8-21-38-2)35-20-18-25-10-6-7-11-27(25)23-35/h6-7,10-17,22H,3-5,8-9,18-21,23H2,1-2H3,(H,33,37)(H,34,36). The van der Waals surface area contributed by atoms with Gasteiger partial charge in [0.2, 0.25) is 0 Å². The van der Waals surface area contributed by atoms with Gasteiger partial charge in [-0.3, -0.25) is 9.59 Å². The van der Waals surface area contributed by atoms with Gasteiger partial charge in [0.15, 0.2) is 0 Å². The van der Waals surface area contributed by atoms with Gasteiger partial charge in [0.05, 0.1) is 5.56 Å². The molecule has 0 atom stereocenters. The lowest BCUT2D eigenvalue weighted by Gasteiger charge is -2.32. The summed E-state index contributed by atoms with van der Waals surface area (Å²) in [4.78, 5) is 28.5. The number of ether oxygens (including phenoxy) is 1. The van der Waals surface area contributed by atoms with Gasteiger partial charge >= 0.3 is 0 Å². The summed E-state index contributed by atoms with van der Waals surface area (Å²) < 4.78 is 5.11. The van der Waals surface area contributed by atoms with Crippen molar-refractivity contribution in [1.29, 1.82) is 0 Å². The number of unbranched alkanes of at least 4 members (excludes halogenated alkanes) is 2. The summed E-state index contributed by atoms with van der Waals surface area (Å²) in [5.41, 5.74) is 6.52. The summed E-state index contributed by atoms with van der Waals surface area (Å²) in [7, 11) is 1.65. The Morgan fingerprint density at radius 2 is 1.71 bits per heavy atom. The van der Waals surface area contributed by atoms with Crippen molar-refractivity contribution >= 4 is 23.2 Å². The van der Waals surface area contributed by atoms with Crippen molar-refractivity contribution in [3.63, 3.8) is 0 Å². The Labute approximate surface area is 226 Å². The molecular weight excluding hydrogens is 474 g/mol. The summed E-state index contributed by atoms with van der Waals surface area (Å²) in [5, 5.41) is 6.00. The number of anilines is 2. The van der Waals surface area contributed by atoms with Crippen LogP contribution < -0.4 is 15.5 Å². The second-order valence-electron chi connectivity index (χ2n) is 9.88. The molecule has 2 N–H and O–H groups in total. The second kappa shape index (κ2) is 13.8. The summed E-state index contributed by atoms with van der Waals surface area (Å²) in [5.74, 6) is -0.335. The Bertz CT molecular complexity index is 1220. The number of rotatable bonds is 12. The van der Waals surface area contributed by atoms with Crippen LogP contribution in [0.1, 0.15) is 70.0 Å². The van der Waals surface area contributed by atoms with Crippen LogP contribution in [0.15, 0.2) is 66.7 Å². The second-order valence-corrected chi connectivity index (χ2v) is 9.88. The number of fused-ring (bicyclic) bond motifs is 1. The van der Waals surface area contributed by atoms with E-state index in [0.29, 0.717) is 30.0 Å². The van der Waals surface area contributed by atoms with Crippen LogP contribution in [0.5, 0.6) is 0 Å². The number of hydrogen-bond acceptors (Lipinski definition) is 4. The topological polar surface area (TPSA) is 70.7 Å². The molecule has 1 aliphatic heterocycles. The zero-order chi connectivity index (χ0) is 26.7. The lowest BCUT2D eigenvalue weighted by molar-refractivity contribution is 0.0947. The number of amides is 2. The Kier molecular flexibility index (Phi) is 9.93. The van der Waals surface area contributed by atoms with Gasteiger partial charge in [-0.15, -0.1) is 0 Å². The Morgan fingerprint density at radius 1 is 0.921 bits per heavy atom. The van der Waals surface area contributed by atoms with Crippen molar-refractivity contribution < 1.29 is 14.3 Å². The molecule has 4 rings (SSSR count). The number of methoxy groups -OCH3 is 1. The normalized spacial score (nSPS) is 12.6. The van der Waals surface area contributed by atoms with Crippen LogP contribution in [0, 0.1) is 0 Å². The molecule has 3 aromatic carbocycles.